The van der Waals surface area contributed by atoms with Gasteiger partial charge in [-0.15, -0.1) is 0 Å². The molecule has 1 N–H and O–H groups in total. The van der Waals surface area contributed by atoms with Crippen LogP contribution < -0.4 is 5.32 Å². The molecule has 0 bridgehead atoms. The standard InChI is InChI=1S/C18H24BrN/c1-4-18(5-2,20-6-3)17(19)16-12-11-14-9-7-8-10-15(14)13-16/h7-13,17,20H,4-6H2,1-3H3. The molecule has 0 radical (unpaired) electrons. The fourth-order valence-corrected chi connectivity index (χ4v) is 4.08. The molecule has 1 nitrogen and oxygen atoms in total. The zero-order valence-electron chi connectivity index (χ0n) is 12.6. The molecule has 2 aromatic rings. The van der Waals surface area contributed by atoms with Crippen LogP contribution in [0.25, 0.3) is 10.8 Å². The molecule has 0 aromatic heterocycles. The van der Waals surface area contributed by atoms with E-state index < -0.39 is 0 Å². The summed E-state index contributed by atoms with van der Waals surface area (Å²) in [6.07, 6.45) is 2.22. The third-order valence-corrected chi connectivity index (χ3v) is 5.75. The van der Waals surface area contributed by atoms with Crippen molar-refractivity contribution >= 4 is 26.7 Å². The Labute approximate surface area is 130 Å². The highest BCUT2D eigenvalue weighted by Crippen LogP contribution is 2.39. The molecule has 0 aliphatic heterocycles. The molecule has 20 heavy (non-hydrogen) atoms. The Morgan fingerprint density at radius 1 is 1.00 bits per heavy atom. The summed E-state index contributed by atoms with van der Waals surface area (Å²) in [6.45, 7) is 7.71. The Hall–Kier alpha value is -0.860. The van der Waals surface area contributed by atoms with Crippen LogP contribution in [0.5, 0.6) is 0 Å². The van der Waals surface area contributed by atoms with Gasteiger partial charge in [-0.2, -0.15) is 0 Å². The van der Waals surface area contributed by atoms with Gasteiger partial charge < -0.3 is 5.32 Å². The fourth-order valence-electron chi connectivity index (χ4n) is 2.98. The van der Waals surface area contributed by atoms with Crippen LogP contribution in [0.1, 0.15) is 44.0 Å². The molecule has 0 saturated carbocycles. The van der Waals surface area contributed by atoms with Crippen molar-refractivity contribution in [1.29, 1.82) is 0 Å². The second-order valence-corrected chi connectivity index (χ2v) is 6.28. The number of alkyl halides is 1. The number of fused-ring (bicyclic) bond motifs is 1. The Morgan fingerprint density at radius 3 is 2.25 bits per heavy atom. The molecule has 2 rings (SSSR count). The van der Waals surface area contributed by atoms with Gasteiger partial charge in [0.25, 0.3) is 0 Å². The number of nitrogens with one attached hydrogen (secondary N) is 1. The molecule has 0 saturated heterocycles. The van der Waals surface area contributed by atoms with Crippen LogP contribution in [0.3, 0.4) is 0 Å². The highest BCUT2D eigenvalue weighted by atomic mass is 79.9. The van der Waals surface area contributed by atoms with Crippen molar-refractivity contribution in [2.24, 2.45) is 0 Å². The fraction of sp³-hybridized carbons (Fsp3) is 0.444. The molecular weight excluding hydrogens is 310 g/mol. The number of halogens is 1. The predicted octanol–water partition coefficient (Wildman–Crippen LogP) is 5.44. The molecule has 2 heteroatoms. The monoisotopic (exact) mass is 333 g/mol. The van der Waals surface area contributed by atoms with Gasteiger partial charge in [0, 0.05) is 5.54 Å². The normalized spacial score (nSPS) is 13.6. The first-order valence-electron chi connectivity index (χ1n) is 7.54. The van der Waals surface area contributed by atoms with Gasteiger partial charge >= 0.3 is 0 Å². The number of hydrogen-bond donors (Lipinski definition) is 1. The maximum Gasteiger partial charge on any atom is 0.0576 e. The maximum absolute atomic E-state index is 3.95. The molecule has 2 aromatic carbocycles. The SMILES string of the molecule is CCNC(CC)(CC)C(Br)c1ccc2ccccc2c1. The highest BCUT2D eigenvalue weighted by Gasteiger charge is 2.34. The van der Waals surface area contributed by atoms with Crippen molar-refractivity contribution in [2.45, 2.75) is 44.0 Å². The smallest absolute Gasteiger partial charge is 0.0576 e. The van der Waals surface area contributed by atoms with Gasteiger partial charge in [0.1, 0.15) is 0 Å². The highest BCUT2D eigenvalue weighted by molar-refractivity contribution is 9.09. The summed E-state index contributed by atoms with van der Waals surface area (Å²) in [5, 5.41) is 6.31. The average molecular weight is 334 g/mol. The lowest BCUT2D eigenvalue weighted by Crippen LogP contribution is -2.47. The Balaban J connectivity index is 2.40. The van der Waals surface area contributed by atoms with Crippen molar-refractivity contribution in [3.63, 3.8) is 0 Å². The van der Waals surface area contributed by atoms with Crippen molar-refractivity contribution in [2.75, 3.05) is 6.54 Å². The molecule has 0 spiro atoms. The Kier molecular flexibility index (Phi) is 5.22. The molecule has 0 fully saturated rings. The third kappa shape index (κ3) is 2.91. The maximum atomic E-state index is 3.95. The quantitative estimate of drug-likeness (QED) is 0.693. The second-order valence-electron chi connectivity index (χ2n) is 5.36. The van der Waals surface area contributed by atoms with Crippen LogP contribution in [0, 0.1) is 0 Å². The van der Waals surface area contributed by atoms with E-state index in [1.807, 2.05) is 0 Å². The van der Waals surface area contributed by atoms with E-state index in [0.717, 1.165) is 19.4 Å². The van der Waals surface area contributed by atoms with Gasteiger partial charge in [-0.25, -0.2) is 0 Å². The number of benzene rings is 2. The minimum Gasteiger partial charge on any atom is -0.310 e. The van der Waals surface area contributed by atoms with E-state index >= 15 is 0 Å². The van der Waals surface area contributed by atoms with Gasteiger partial charge in [-0.3, -0.25) is 0 Å². The minimum atomic E-state index is 0.122. The summed E-state index contributed by atoms with van der Waals surface area (Å²) in [5.41, 5.74) is 1.48. The van der Waals surface area contributed by atoms with Gasteiger partial charge in [0.15, 0.2) is 0 Å². The Bertz CT molecular complexity index is 560. The van der Waals surface area contributed by atoms with E-state index in [-0.39, 0.29) is 5.54 Å². The van der Waals surface area contributed by atoms with E-state index in [1.165, 1.54) is 16.3 Å². The van der Waals surface area contributed by atoms with E-state index in [4.69, 9.17) is 0 Å². The Morgan fingerprint density at radius 2 is 1.65 bits per heavy atom. The zero-order valence-corrected chi connectivity index (χ0v) is 14.2. The molecule has 108 valence electrons. The number of rotatable bonds is 6. The first kappa shape index (κ1) is 15.5. The molecule has 1 unspecified atom stereocenters. The molecule has 0 amide bonds. The third-order valence-electron chi connectivity index (χ3n) is 4.34. The van der Waals surface area contributed by atoms with E-state index in [2.05, 4.69) is 84.5 Å². The predicted molar refractivity (Wildman–Crippen MR) is 92.6 cm³/mol. The first-order valence-corrected chi connectivity index (χ1v) is 8.46. The van der Waals surface area contributed by atoms with Gasteiger partial charge in [0.2, 0.25) is 0 Å². The first-order chi connectivity index (χ1) is 9.66. The zero-order chi connectivity index (χ0) is 14.6. The summed E-state index contributed by atoms with van der Waals surface area (Å²) in [6, 6.07) is 15.3. The summed E-state index contributed by atoms with van der Waals surface area (Å²) in [7, 11) is 0. The number of likely N-dealkylation sites (N-methyl/N-ethyl adjacent to an activating group) is 1. The average Bonchev–Trinajstić information content (AvgIpc) is 2.51. The molecular formula is C18H24BrN. The van der Waals surface area contributed by atoms with Gasteiger partial charge in [0.05, 0.1) is 4.83 Å². The van der Waals surface area contributed by atoms with Crippen LogP contribution in [-0.2, 0) is 0 Å². The van der Waals surface area contributed by atoms with Gasteiger partial charge in [-0.1, -0.05) is 73.1 Å². The summed E-state index contributed by atoms with van der Waals surface area (Å²) < 4.78 is 0. The van der Waals surface area contributed by atoms with Crippen molar-refractivity contribution < 1.29 is 0 Å². The summed E-state index contributed by atoms with van der Waals surface area (Å²) in [5.74, 6) is 0. The molecule has 0 aliphatic carbocycles. The van der Waals surface area contributed by atoms with Crippen molar-refractivity contribution in [3.8, 4) is 0 Å². The van der Waals surface area contributed by atoms with Crippen LogP contribution in [-0.4, -0.2) is 12.1 Å². The molecule has 1 atom stereocenters. The van der Waals surface area contributed by atoms with Crippen LogP contribution >= 0.6 is 15.9 Å². The lowest BCUT2D eigenvalue weighted by Gasteiger charge is -2.38. The second kappa shape index (κ2) is 6.73. The lowest BCUT2D eigenvalue weighted by molar-refractivity contribution is 0.303. The van der Waals surface area contributed by atoms with Crippen molar-refractivity contribution in [3.05, 3.63) is 48.0 Å². The van der Waals surface area contributed by atoms with E-state index in [1.54, 1.807) is 0 Å². The lowest BCUT2D eigenvalue weighted by atomic mass is 9.85. The minimum absolute atomic E-state index is 0.122. The van der Waals surface area contributed by atoms with Gasteiger partial charge in [-0.05, 0) is 41.8 Å². The topological polar surface area (TPSA) is 12.0 Å². The number of hydrogen-bond acceptors (Lipinski definition) is 1. The molecule has 0 heterocycles. The van der Waals surface area contributed by atoms with E-state index in [9.17, 15) is 0 Å². The van der Waals surface area contributed by atoms with Crippen LogP contribution in [0.15, 0.2) is 42.5 Å². The van der Waals surface area contributed by atoms with Crippen LogP contribution in [0.4, 0.5) is 0 Å². The summed E-state index contributed by atoms with van der Waals surface area (Å²) in [4.78, 5) is 0.328. The van der Waals surface area contributed by atoms with Crippen LogP contribution in [0.2, 0.25) is 0 Å². The molecule has 0 aliphatic rings. The summed E-state index contributed by atoms with van der Waals surface area (Å²) >= 11 is 3.95. The van der Waals surface area contributed by atoms with Crippen molar-refractivity contribution in [1.82, 2.24) is 5.32 Å². The largest absolute Gasteiger partial charge is 0.310 e. The van der Waals surface area contributed by atoms with E-state index in [0.29, 0.717) is 4.83 Å².